The van der Waals surface area contributed by atoms with E-state index in [4.69, 9.17) is 14.7 Å². The zero-order valence-electron chi connectivity index (χ0n) is 11.5. The molecule has 0 atom stereocenters. The van der Waals surface area contributed by atoms with Gasteiger partial charge in [-0.25, -0.2) is 13.2 Å². The van der Waals surface area contributed by atoms with Crippen molar-refractivity contribution in [2.24, 2.45) is 0 Å². The summed E-state index contributed by atoms with van der Waals surface area (Å²) in [5, 5.41) is 8.43. The highest BCUT2D eigenvalue weighted by molar-refractivity contribution is 9.10. The van der Waals surface area contributed by atoms with Gasteiger partial charge in [-0.1, -0.05) is 0 Å². The summed E-state index contributed by atoms with van der Waals surface area (Å²) >= 11 is 3.17. The lowest BCUT2D eigenvalue weighted by molar-refractivity contribution is 0.0553. The standard InChI is InChI=1S/C13H13BrN2O5S/c14-12-2-1-10(9-11(12)13(17)21-6-3-15)22(18,19)16-4-7-20-8-5-16/h1-2,9H,4-8H2. The minimum Gasteiger partial charge on any atom is -0.447 e. The third-order valence-electron chi connectivity index (χ3n) is 3.03. The predicted molar refractivity (Wildman–Crippen MR) is 79.6 cm³/mol. The molecule has 1 aliphatic rings. The Morgan fingerprint density at radius 1 is 1.41 bits per heavy atom. The molecule has 1 aromatic rings. The van der Waals surface area contributed by atoms with Crippen molar-refractivity contribution in [2.75, 3.05) is 32.9 Å². The molecule has 0 spiro atoms. The molecule has 0 aliphatic carbocycles. The first-order valence-electron chi connectivity index (χ1n) is 6.38. The van der Waals surface area contributed by atoms with E-state index in [1.807, 2.05) is 0 Å². The van der Waals surface area contributed by atoms with Crippen molar-refractivity contribution in [3.8, 4) is 6.07 Å². The van der Waals surface area contributed by atoms with Gasteiger partial charge < -0.3 is 9.47 Å². The average Bonchev–Trinajstić information content (AvgIpc) is 2.53. The number of esters is 1. The number of carbonyl (C=O) groups excluding carboxylic acids is 1. The first kappa shape index (κ1) is 16.9. The fourth-order valence-corrected chi connectivity index (χ4v) is 3.78. The van der Waals surface area contributed by atoms with Crippen LogP contribution in [0.4, 0.5) is 0 Å². The smallest absolute Gasteiger partial charge is 0.340 e. The van der Waals surface area contributed by atoms with E-state index in [-0.39, 0.29) is 23.5 Å². The lowest BCUT2D eigenvalue weighted by Gasteiger charge is -2.26. The molecule has 0 amide bonds. The van der Waals surface area contributed by atoms with Crippen LogP contribution in [0.2, 0.25) is 0 Å². The number of sulfonamides is 1. The summed E-state index contributed by atoms with van der Waals surface area (Å²) in [5.74, 6) is -0.757. The zero-order valence-corrected chi connectivity index (χ0v) is 13.9. The highest BCUT2D eigenvalue weighted by atomic mass is 79.9. The Morgan fingerprint density at radius 2 is 2.09 bits per heavy atom. The normalized spacial score (nSPS) is 16.0. The number of hydrogen-bond acceptors (Lipinski definition) is 6. The van der Waals surface area contributed by atoms with E-state index in [1.165, 1.54) is 22.5 Å². The Labute approximate surface area is 136 Å². The van der Waals surface area contributed by atoms with Gasteiger partial charge in [0.1, 0.15) is 6.07 Å². The van der Waals surface area contributed by atoms with Crippen molar-refractivity contribution in [2.45, 2.75) is 4.90 Å². The van der Waals surface area contributed by atoms with Crippen molar-refractivity contribution < 1.29 is 22.7 Å². The van der Waals surface area contributed by atoms with E-state index in [0.717, 1.165) is 0 Å². The average molecular weight is 389 g/mol. The van der Waals surface area contributed by atoms with Gasteiger partial charge in [0.2, 0.25) is 10.0 Å². The Bertz CT molecular complexity index is 708. The summed E-state index contributed by atoms with van der Waals surface area (Å²) in [5.41, 5.74) is 0.0598. The van der Waals surface area contributed by atoms with Gasteiger partial charge in [-0.2, -0.15) is 9.57 Å². The van der Waals surface area contributed by atoms with E-state index >= 15 is 0 Å². The number of halogens is 1. The molecule has 2 rings (SSSR count). The Balaban J connectivity index is 2.32. The van der Waals surface area contributed by atoms with Gasteiger partial charge in [0.05, 0.1) is 23.7 Å². The molecule has 118 valence electrons. The number of carbonyl (C=O) groups is 1. The molecule has 1 aromatic carbocycles. The molecule has 9 heteroatoms. The van der Waals surface area contributed by atoms with E-state index in [0.29, 0.717) is 17.7 Å². The number of nitriles is 1. The molecule has 7 nitrogen and oxygen atoms in total. The Morgan fingerprint density at radius 3 is 2.73 bits per heavy atom. The minimum atomic E-state index is -3.70. The van der Waals surface area contributed by atoms with Crippen LogP contribution in [0.3, 0.4) is 0 Å². The number of morpholine rings is 1. The molecule has 0 saturated carbocycles. The quantitative estimate of drug-likeness (QED) is 0.717. The van der Waals surface area contributed by atoms with Crippen LogP contribution in [0.25, 0.3) is 0 Å². The van der Waals surface area contributed by atoms with Crippen LogP contribution in [-0.4, -0.2) is 51.6 Å². The van der Waals surface area contributed by atoms with E-state index < -0.39 is 22.6 Å². The molecule has 0 radical (unpaired) electrons. The van der Waals surface area contributed by atoms with Crippen molar-refractivity contribution >= 4 is 31.9 Å². The maximum atomic E-state index is 12.5. The van der Waals surface area contributed by atoms with Crippen molar-refractivity contribution in [3.05, 3.63) is 28.2 Å². The summed E-state index contributed by atoms with van der Waals surface area (Å²) in [4.78, 5) is 11.8. The number of rotatable bonds is 4. The van der Waals surface area contributed by atoms with Crippen molar-refractivity contribution in [3.63, 3.8) is 0 Å². The summed E-state index contributed by atoms with van der Waals surface area (Å²) in [6, 6.07) is 5.81. The summed E-state index contributed by atoms with van der Waals surface area (Å²) in [6.45, 7) is 0.824. The van der Waals surface area contributed by atoms with E-state index in [9.17, 15) is 13.2 Å². The highest BCUT2D eigenvalue weighted by Gasteiger charge is 2.27. The second kappa shape index (κ2) is 7.19. The molecule has 0 unspecified atom stereocenters. The third kappa shape index (κ3) is 3.64. The van der Waals surface area contributed by atoms with Crippen molar-refractivity contribution in [1.29, 1.82) is 5.26 Å². The molecule has 0 N–H and O–H groups in total. The van der Waals surface area contributed by atoms with Crippen LogP contribution >= 0.6 is 15.9 Å². The van der Waals surface area contributed by atoms with Gasteiger partial charge in [0.25, 0.3) is 0 Å². The first-order chi connectivity index (χ1) is 10.5. The SMILES string of the molecule is N#CCOC(=O)c1cc(S(=O)(=O)N2CCOCC2)ccc1Br. The fourth-order valence-electron chi connectivity index (χ4n) is 1.93. The largest absolute Gasteiger partial charge is 0.447 e. The number of ether oxygens (including phenoxy) is 2. The molecule has 1 aliphatic heterocycles. The molecule has 1 fully saturated rings. The summed E-state index contributed by atoms with van der Waals surface area (Å²) in [6.07, 6.45) is 0. The zero-order chi connectivity index (χ0) is 16.2. The third-order valence-corrected chi connectivity index (χ3v) is 5.62. The van der Waals surface area contributed by atoms with Gasteiger partial charge in [-0.3, -0.25) is 0 Å². The molecule has 0 bridgehead atoms. The number of nitrogens with zero attached hydrogens (tertiary/aromatic N) is 2. The van der Waals surface area contributed by atoms with Crippen LogP contribution in [0.5, 0.6) is 0 Å². The maximum Gasteiger partial charge on any atom is 0.340 e. The second-order valence-electron chi connectivity index (χ2n) is 4.39. The molecule has 1 saturated heterocycles. The maximum absolute atomic E-state index is 12.5. The number of hydrogen-bond donors (Lipinski definition) is 0. The Hall–Kier alpha value is -1.47. The Kier molecular flexibility index (Phi) is 5.52. The second-order valence-corrected chi connectivity index (χ2v) is 7.18. The van der Waals surface area contributed by atoms with Crippen LogP contribution < -0.4 is 0 Å². The highest BCUT2D eigenvalue weighted by Crippen LogP contribution is 2.24. The van der Waals surface area contributed by atoms with Gasteiger partial charge >= 0.3 is 5.97 Å². The van der Waals surface area contributed by atoms with Crippen molar-refractivity contribution in [1.82, 2.24) is 4.31 Å². The molecule has 0 aromatic heterocycles. The fraction of sp³-hybridized carbons (Fsp3) is 0.385. The van der Waals surface area contributed by atoms with E-state index in [1.54, 1.807) is 6.07 Å². The van der Waals surface area contributed by atoms with Gasteiger partial charge in [-0.05, 0) is 34.1 Å². The molecule has 1 heterocycles. The minimum absolute atomic E-state index is 0.00140. The molecule has 22 heavy (non-hydrogen) atoms. The van der Waals surface area contributed by atoms with Gasteiger partial charge in [0, 0.05) is 17.6 Å². The summed E-state index contributed by atoms with van der Waals surface area (Å²) < 4.78 is 36.6. The molecular weight excluding hydrogens is 376 g/mol. The first-order valence-corrected chi connectivity index (χ1v) is 8.61. The van der Waals surface area contributed by atoms with Crippen LogP contribution in [-0.2, 0) is 19.5 Å². The topological polar surface area (TPSA) is 96.7 Å². The summed E-state index contributed by atoms with van der Waals surface area (Å²) in [7, 11) is -3.70. The van der Waals surface area contributed by atoms with Gasteiger partial charge in [0.15, 0.2) is 6.61 Å². The van der Waals surface area contributed by atoms with Crippen LogP contribution in [0.1, 0.15) is 10.4 Å². The monoisotopic (exact) mass is 388 g/mol. The lowest BCUT2D eigenvalue weighted by atomic mass is 10.2. The lowest BCUT2D eigenvalue weighted by Crippen LogP contribution is -2.40. The molecular formula is C13H13BrN2O5S. The van der Waals surface area contributed by atoms with Gasteiger partial charge in [-0.15, -0.1) is 0 Å². The van der Waals surface area contributed by atoms with E-state index in [2.05, 4.69) is 15.9 Å². The predicted octanol–water partition coefficient (Wildman–Crippen LogP) is 1.15. The van der Waals surface area contributed by atoms with Crippen LogP contribution in [0, 0.1) is 11.3 Å². The number of benzene rings is 1. The van der Waals surface area contributed by atoms with Crippen LogP contribution in [0.15, 0.2) is 27.6 Å².